The molecule has 0 spiro atoms. The van der Waals surface area contributed by atoms with Gasteiger partial charge in [-0.3, -0.25) is 0 Å². The van der Waals surface area contributed by atoms with Crippen LogP contribution < -0.4 is 11.1 Å². The quantitative estimate of drug-likeness (QED) is 0.379. The van der Waals surface area contributed by atoms with Crippen molar-refractivity contribution in [3.8, 4) is 34.0 Å². The van der Waals surface area contributed by atoms with Crippen molar-refractivity contribution in [2.75, 3.05) is 11.9 Å². The second-order valence-corrected chi connectivity index (χ2v) is 7.24. The van der Waals surface area contributed by atoms with Gasteiger partial charge < -0.3 is 21.3 Å². The van der Waals surface area contributed by atoms with Crippen LogP contribution in [0.2, 0.25) is 0 Å². The molecule has 4 aromatic rings. The summed E-state index contributed by atoms with van der Waals surface area (Å²) in [6.07, 6.45) is 0.859. The largest absolute Gasteiger partial charge is 0.508 e. The zero-order chi connectivity index (χ0) is 21.1. The Kier molecular flexibility index (Phi) is 5.50. The van der Waals surface area contributed by atoms with Crippen molar-refractivity contribution in [1.29, 1.82) is 0 Å². The topological polar surface area (TPSA) is 104 Å². The van der Waals surface area contributed by atoms with Crippen LogP contribution in [0.25, 0.3) is 33.4 Å². The molecule has 0 radical (unpaired) electrons. The van der Waals surface area contributed by atoms with Crippen molar-refractivity contribution in [2.24, 2.45) is 5.73 Å². The van der Waals surface area contributed by atoms with Crippen molar-refractivity contribution < 1.29 is 10.2 Å². The van der Waals surface area contributed by atoms with Gasteiger partial charge in [-0.05, 0) is 53.9 Å². The lowest BCUT2D eigenvalue weighted by atomic mass is 10.0. The van der Waals surface area contributed by atoms with E-state index in [0.29, 0.717) is 23.8 Å². The maximum absolute atomic E-state index is 10.5. The molecule has 0 unspecified atom stereocenters. The van der Waals surface area contributed by atoms with E-state index in [1.165, 1.54) is 0 Å². The minimum absolute atomic E-state index is 0.0217. The monoisotopic (exact) mass is 400 g/mol. The summed E-state index contributed by atoms with van der Waals surface area (Å²) in [5, 5.41) is 24.3. The maximum Gasteiger partial charge on any atom is 0.165 e. The highest BCUT2D eigenvalue weighted by atomic mass is 16.3. The molecule has 0 aliphatic heterocycles. The van der Waals surface area contributed by atoms with Gasteiger partial charge in [-0.15, -0.1) is 0 Å². The lowest BCUT2D eigenvalue weighted by Gasteiger charge is -2.14. The molecule has 1 aromatic heterocycles. The zero-order valence-corrected chi connectivity index (χ0v) is 16.7. The Bertz CT molecular complexity index is 1180. The van der Waals surface area contributed by atoms with Crippen LogP contribution in [0.3, 0.4) is 0 Å². The standard InChI is InChI=1S/C24H24N4O2/c1-2-17(25)14-26-23-19-5-3-4-6-21(19)27-24(28-23)20-13-16(9-12-22(20)30)15-7-10-18(29)11-8-15/h3-13,17,29-30H,2,14,25H2,1H3,(H,26,27,28)/t17-/m1/s1. The Morgan fingerprint density at radius 2 is 1.67 bits per heavy atom. The summed E-state index contributed by atoms with van der Waals surface area (Å²) in [7, 11) is 0. The van der Waals surface area contributed by atoms with Gasteiger partial charge in [0.2, 0.25) is 0 Å². The van der Waals surface area contributed by atoms with Gasteiger partial charge in [-0.1, -0.05) is 37.3 Å². The highest BCUT2D eigenvalue weighted by molar-refractivity contribution is 5.91. The molecular weight excluding hydrogens is 376 g/mol. The van der Waals surface area contributed by atoms with Gasteiger partial charge in [0.15, 0.2) is 5.82 Å². The van der Waals surface area contributed by atoms with Crippen LogP contribution in [0.5, 0.6) is 11.5 Å². The number of aromatic hydroxyl groups is 2. The number of nitrogens with zero attached hydrogens (tertiary/aromatic N) is 2. The van der Waals surface area contributed by atoms with Crippen molar-refractivity contribution >= 4 is 16.7 Å². The number of rotatable bonds is 6. The number of phenolic OH excluding ortho intramolecular Hbond substituents is 2. The second-order valence-electron chi connectivity index (χ2n) is 7.24. The lowest BCUT2D eigenvalue weighted by Crippen LogP contribution is -2.28. The molecule has 0 saturated carbocycles. The first-order valence-electron chi connectivity index (χ1n) is 9.94. The number of para-hydroxylation sites is 1. The molecule has 0 aliphatic rings. The van der Waals surface area contributed by atoms with Crippen molar-refractivity contribution in [1.82, 2.24) is 9.97 Å². The molecule has 0 saturated heterocycles. The van der Waals surface area contributed by atoms with Crippen molar-refractivity contribution in [2.45, 2.75) is 19.4 Å². The van der Waals surface area contributed by atoms with Crippen LogP contribution in [0, 0.1) is 0 Å². The third-order valence-electron chi connectivity index (χ3n) is 5.10. The number of nitrogens with one attached hydrogen (secondary N) is 1. The van der Waals surface area contributed by atoms with E-state index >= 15 is 0 Å². The van der Waals surface area contributed by atoms with E-state index < -0.39 is 0 Å². The van der Waals surface area contributed by atoms with Crippen LogP contribution in [0.15, 0.2) is 66.7 Å². The molecule has 6 nitrogen and oxygen atoms in total. The van der Waals surface area contributed by atoms with Crippen LogP contribution in [-0.2, 0) is 0 Å². The molecule has 30 heavy (non-hydrogen) atoms. The number of hydrogen-bond donors (Lipinski definition) is 4. The zero-order valence-electron chi connectivity index (χ0n) is 16.7. The first-order chi connectivity index (χ1) is 14.5. The SMILES string of the molecule is CC[C@@H](N)CNc1nc(-c2cc(-c3ccc(O)cc3)ccc2O)nc2ccccc12. The Morgan fingerprint density at radius 1 is 0.933 bits per heavy atom. The van der Waals surface area contributed by atoms with Crippen LogP contribution in [0.4, 0.5) is 5.82 Å². The fraction of sp³-hybridized carbons (Fsp3) is 0.167. The number of phenols is 2. The highest BCUT2D eigenvalue weighted by Gasteiger charge is 2.14. The number of fused-ring (bicyclic) bond motifs is 1. The summed E-state index contributed by atoms with van der Waals surface area (Å²) in [6.45, 7) is 2.64. The van der Waals surface area contributed by atoms with E-state index in [0.717, 1.165) is 28.5 Å². The Labute approximate surface area is 175 Å². The van der Waals surface area contributed by atoms with Gasteiger partial charge in [-0.2, -0.15) is 0 Å². The molecule has 1 atom stereocenters. The fourth-order valence-electron chi connectivity index (χ4n) is 3.25. The fourth-order valence-corrected chi connectivity index (χ4v) is 3.25. The smallest absolute Gasteiger partial charge is 0.165 e. The number of anilines is 1. The predicted molar refractivity (Wildman–Crippen MR) is 120 cm³/mol. The Balaban J connectivity index is 1.80. The summed E-state index contributed by atoms with van der Waals surface area (Å²) in [4.78, 5) is 9.39. The summed E-state index contributed by atoms with van der Waals surface area (Å²) >= 11 is 0. The molecule has 0 amide bonds. The van der Waals surface area contributed by atoms with Gasteiger partial charge in [-0.25, -0.2) is 9.97 Å². The third kappa shape index (κ3) is 4.04. The minimum atomic E-state index is 0.0217. The summed E-state index contributed by atoms with van der Waals surface area (Å²) in [5.74, 6) is 1.42. The molecule has 0 bridgehead atoms. The first-order valence-corrected chi connectivity index (χ1v) is 9.94. The van der Waals surface area contributed by atoms with Gasteiger partial charge in [0.05, 0.1) is 11.1 Å². The summed E-state index contributed by atoms with van der Waals surface area (Å²) in [6, 6.07) is 20.0. The van der Waals surface area contributed by atoms with Gasteiger partial charge >= 0.3 is 0 Å². The Hall–Kier alpha value is -3.64. The molecule has 0 aliphatic carbocycles. The Morgan fingerprint density at radius 3 is 2.43 bits per heavy atom. The number of aromatic nitrogens is 2. The van der Waals surface area contributed by atoms with E-state index in [1.54, 1.807) is 18.2 Å². The molecule has 5 N–H and O–H groups in total. The highest BCUT2D eigenvalue weighted by Crippen LogP contribution is 2.34. The van der Waals surface area contributed by atoms with Crippen molar-refractivity contribution in [3.05, 3.63) is 66.7 Å². The minimum Gasteiger partial charge on any atom is -0.508 e. The average Bonchev–Trinajstić information content (AvgIpc) is 2.78. The van der Waals surface area contributed by atoms with Crippen molar-refractivity contribution in [3.63, 3.8) is 0 Å². The third-order valence-corrected chi connectivity index (χ3v) is 5.10. The molecule has 1 heterocycles. The van der Waals surface area contributed by atoms with E-state index in [2.05, 4.69) is 10.3 Å². The molecule has 4 rings (SSSR count). The molecule has 3 aromatic carbocycles. The van der Waals surface area contributed by atoms with E-state index in [4.69, 9.17) is 10.7 Å². The molecule has 152 valence electrons. The lowest BCUT2D eigenvalue weighted by molar-refractivity contribution is 0.475. The van der Waals surface area contributed by atoms with Gasteiger partial charge in [0.1, 0.15) is 17.3 Å². The van der Waals surface area contributed by atoms with Gasteiger partial charge in [0.25, 0.3) is 0 Å². The van der Waals surface area contributed by atoms with Gasteiger partial charge in [0, 0.05) is 18.0 Å². The van der Waals surface area contributed by atoms with Crippen LogP contribution >= 0.6 is 0 Å². The number of nitrogens with two attached hydrogens (primary N) is 1. The number of benzene rings is 3. The summed E-state index contributed by atoms with van der Waals surface area (Å²) < 4.78 is 0. The van der Waals surface area contributed by atoms with Crippen LogP contribution in [0.1, 0.15) is 13.3 Å². The number of hydrogen-bond acceptors (Lipinski definition) is 6. The van der Waals surface area contributed by atoms with Crippen LogP contribution in [-0.4, -0.2) is 32.8 Å². The summed E-state index contributed by atoms with van der Waals surface area (Å²) in [5.41, 5.74) is 9.20. The normalized spacial score (nSPS) is 12.1. The second kappa shape index (κ2) is 8.39. The average molecular weight is 400 g/mol. The van der Waals surface area contributed by atoms with E-state index in [1.807, 2.05) is 55.5 Å². The predicted octanol–water partition coefficient (Wildman–Crippen LogP) is 4.52. The first kappa shape index (κ1) is 19.7. The van der Waals surface area contributed by atoms with E-state index in [9.17, 15) is 10.2 Å². The molecule has 6 heteroatoms. The maximum atomic E-state index is 10.5. The van der Waals surface area contributed by atoms with E-state index in [-0.39, 0.29) is 17.5 Å². The molecule has 0 fully saturated rings. The molecular formula is C24H24N4O2.